The summed E-state index contributed by atoms with van der Waals surface area (Å²) in [4.78, 5) is 12.0. The zero-order chi connectivity index (χ0) is 15.6. The molecule has 1 N–H and O–H groups in total. The molecule has 1 unspecified atom stereocenters. The fraction of sp³-hybridized carbons (Fsp3) is 0.353. The van der Waals surface area contributed by atoms with Gasteiger partial charge >= 0.3 is 5.97 Å². The van der Waals surface area contributed by atoms with E-state index in [1.807, 2.05) is 51.1 Å². The van der Waals surface area contributed by atoms with Crippen LogP contribution in [0.15, 0.2) is 40.9 Å². The largest absolute Gasteiger partial charge is 0.458 e. The lowest BCUT2D eigenvalue weighted by atomic mass is 10.1. The van der Waals surface area contributed by atoms with E-state index in [0.717, 1.165) is 20.9 Å². The molecule has 1 atom stereocenters. The Kier molecular flexibility index (Phi) is 4.57. The first-order valence-electron chi connectivity index (χ1n) is 6.93. The van der Waals surface area contributed by atoms with Gasteiger partial charge in [-0.2, -0.15) is 0 Å². The maximum atomic E-state index is 12.0. The molecular formula is C17H20BrNO2. The summed E-state index contributed by atoms with van der Waals surface area (Å²) in [5.74, 6) is -0.251. The molecule has 0 aromatic heterocycles. The molecule has 0 bridgehead atoms. The fourth-order valence-electron chi connectivity index (χ4n) is 2.01. The molecule has 0 saturated carbocycles. The predicted octanol–water partition coefficient (Wildman–Crippen LogP) is 4.74. The number of anilines is 1. The summed E-state index contributed by atoms with van der Waals surface area (Å²) in [7, 11) is 0. The van der Waals surface area contributed by atoms with Crippen LogP contribution in [0.2, 0.25) is 0 Å². The highest BCUT2D eigenvalue weighted by molar-refractivity contribution is 9.10. The third-order valence-corrected chi connectivity index (χ3v) is 3.44. The van der Waals surface area contributed by atoms with E-state index in [4.69, 9.17) is 4.74 Å². The number of hydrogen-bond donors (Lipinski definition) is 1. The number of nitrogens with one attached hydrogen (secondary N) is 1. The topological polar surface area (TPSA) is 38.3 Å². The lowest BCUT2D eigenvalue weighted by molar-refractivity contribution is -0.155. The molecule has 0 fully saturated rings. The van der Waals surface area contributed by atoms with Gasteiger partial charge in [-0.15, -0.1) is 0 Å². The van der Waals surface area contributed by atoms with Gasteiger partial charge in [-0.25, -0.2) is 4.79 Å². The van der Waals surface area contributed by atoms with Crippen LogP contribution in [0.5, 0.6) is 0 Å². The number of hydrogen-bond acceptors (Lipinski definition) is 3. The van der Waals surface area contributed by atoms with Crippen LogP contribution in [0.3, 0.4) is 0 Å². The van der Waals surface area contributed by atoms with Gasteiger partial charge in [0.2, 0.25) is 0 Å². The summed E-state index contributed by atoms with van der Waals surface area (Å²) < 4.78 is 6.42. The third-order valence-electron chi connectivity index (χ3n) is 2.95. The summed E-state index contributed by atoms with van der Waals surface area (Å²) in [6.45, 7) is 7.41. The molecule has 2 aromatic carbocycles. The van der Waals surface area contributed by atoms with Gasteiger partial charge in [-0.05, 0) is 62.7 Å². The van der Waals surface area contributed by atoms with Crippen LogP contribution >= 0.6 is 15.9 Å². The Balaban J connectivity index is 2.12. The Morgan fingerprint density at radius 3 is 2.43 bits per heavy atom. The molecule has 2 aromatic rings. The Hall–Kier alpha value is -1.55. The minimum atomic E-state index is -0.470. The monoisotopic (exact) mass is 349 g/mol. The standard InChI is InChI=1S/C17H20BrNO2/c1-11(16(20)21-17(2,3)4)19-15-8-6-12-9-14(18)7-5-13(12)10-15/h5-11,19H,1-4H3. The highest BCUT2D eigenvalue weighted by atomic mass is 79.9. The quantitative estimate of drug-likeness (QED) is 0.813. The molecule has 0 aliphatic carbocycles. The van der Waals surface area contributed by atoms with Crippen LogP contribution in [0.1, 0.15) is 27.7 Å². The van der Waals surface area contributed by atoms with Gasteiger partial charge in [0.25, 0.3) is 0 Å². The Morgan fingerprint density at radius 1 is 1.14 bits per heavy atom. The minimum Gasteiger partial charge on any atom is -0.458 e. The van der Waals surface area contributed by atoms with E-state index in [1.165, 1.54) is 0 Å². The van der Waals surface area contributed by atoms with Crippen molar-refractivity contribution in [3.05, 3.63) is 40.9 Å². The van der Waals surface area contributed by atoms with Crippen molar-refractivity contribution in [1.82, 2.24) is 0 Å². The lowest BCUT2D eigenvalue weighted by Crippen LogP contribution is -2.34. The van der Waals surface area contributed by atoms with Crippen molar-refractivity contribution in [2.75, 3.05) is 5.32 Å². The Morgan fingerprint density at radius 2 is 1.76 bits per heavy atom. The zero-order valence-corrected chi connectivity index (χ0v) is 14.3. The van der Waals surface area contributed by atoms with E-state index in [0.29, 0.717) is 0 Å². The average Bonchev–Trinajstić information content (AvgIpc) is 2.37. The number of ether oxygens (including phenoxy) is 1. The predicted molar refractivity (Wildman–Crippen MR) is 90.6 cm³/mol. The van der Waals surface area contributed by atoms with Crippen molar-refractivity contribution < 1.29 is 9.53 Å². The molecule has 0 amide bonds. The smallest absolute Gasteiger partial charge is 0.328 e. The summed E-state index contributed by atoms with van der Waals surface area (Å²) in [5.41, 5.74) is 0.436. The molecule has 2 rings (SSSR count). The highest BCUT2D eigenvalue weighted by Crippen LogP contribution is 2.23. The first-order valence-corrected chi connectivity index (χ1v) is 7.73. The van der Waals surface area contributed by atoms with Gasteiger partial charge < -0.3 is 10.1 Å². The number of fused-ring (bicyclic) bond motifs is 1. The van der Waals surface area contributed by atoms with Gasteiger partial charge in [0.05, 0.1) is 0 Å². The van der Waals surface area contributed by atoms with Gasteiger partial charge in [0.15, 0.2) is 0 Å². The SMILES string of the molecule is CC(Nc1ccc2cc(Br)ccc2c1)C(=O)OC(C)(C)C. The Labute approximate surface area is 133 Å². The van der Waals surface area contributed by atoms with Crippen molar-refractivity contribution in [3.63, 3.8) is 0 Å². The molecule has 112 valence electrons. The molecule has 0 heterocycles. The van der Waals surface area contributed by atoms with E-state index in [2.05, 4.69) is 27.3 Å². The number of esters is 1. The number of carbonyl (C=O) groups is 1. The van der Waals surface area contributed by atoms with Crippen LogP contribution < -0.4 is 5.32 Å². The molecule has 0 aliphatic rings. The summed E-state index contributed by atoms with van der Waals surface area (Å²) in [6.07, 6.45) is 0. The van der Waals surface area contributed by atoms with E-state index in [9.17, 15) is 4.79 Å². The molecule has 4 heteroatoms. The summed E-state index contributed by atoms with van der Waals surface area (Å²) >= 11 is 3.46. The molecule has 0 aliphatic heterocycles. The molecule has 0 radical (unpaired) electrons. The number of carbonyl (C=O) groups excluding carboxylic acids is 1. The van der Waals surface area contributed by atoms with E-state index in [-0.39, 0.29) is 5.97 Å². The van der Waals surface area contributed by atoms with Crippen molar-refractivity contribution in [3.8, 4) is 0 Å². The summed E-state index contributed by atoms with van der Waals surface area (Å²) in [5, 5.41) is 5.46. The lowest BCUT2D eigenvalue weighted by Gasteiger charge is -2.23. The number of rotatable bonds is 3. The maximum absolute atomic E-state index is 12.0. The number of halogens is 1. The fourth-order valence-corrected chi connectivity index (χ4v) is 2.38. The van der Waals surface area contributed by atoms with Crippen molar-refractivity contribution in [1.29, 1.82) is 0 Å². The van der Waals surface area contributed by atoms with Crippen LogP contribution in [0.4, 0.5) is 5.69 Å². The second kappa shape index (κ2) is 6.06. The Bertz CT molecular complexity index is 661. The van der Waals surface area contributed by atoms with Crippen LogP contribution in [0.25, 0.3) is 10.8 Å². The van der Waals surface area contributed by atoms with Gasteiger partial charge in [-0.1, -0.05) is 28.1 Å². The third kappa shape index (κ3) is 4.46. The molecular weight excluding hydrogens is 330 g/mol. The number of benzene rings is 2. The van der Waals surface area contributed by atoms with Crippen molar-refractivity contribution >= 4 is 38.4 Å². The normalized spacial score (nSPS) is 13.0. The molecule has 0 saturated heterocycles. The summed E-state index contributed by atoms with van der Waals surface area (Å²) in [6, 6.07) is 11.8. The average molecular weight is 350 g/mol. The second-order valence-corrected chi connectivity index (χ2v) is 7.02. The molecule has 3 nitrogen and oxygen atoms in total. The second-order valence-electron chi connectivity index (χ2n) is 6.11. The van der Waals surface area contributed by atoms with Crippen molar-refractivity contribution in [2.24, 2.45) is 0 Å². The van der Waals surface area contributed by atoms with E-state index in [1.54, 1.807) is 6.92 Å². The van der Waals surface area contributed by atoms with Gasteiger partial charge in [0.1, 0.15) is 11.6 Å². The molecule has 0 spiro atoms. The van der Waals surface area contributed by atoms with E-state index < -0.39 is 11.6 Å². The van der Waals surface area contributed by atoms with Gasteiger partial charge in [-0.3, -0.25) is 0 Å². The van der Waals surface area contributed by atoms with Crippen molar-refractivity contribution in [2.45, 2.75) is 39.3 Å². The van der Waals surface area contributed by atoms with Crippen LogP contribution in [-0.2, 0) is 9.53 Å². The van der Waals surface area contributed by atoms with Crippen LogP contribution in [0, 0.1) is 0 Å². The first kappa shape index (κ1) is 15.8. The minimum absolute atomic E-state index is 0.251. The molecule has 21 heavy (non-hydrogen) atoms. The van der Waals surface area contributed by atoms with E-state index >= 15 is 0 Å². The van der Waals surface area contributed by atoms with Gasteiger partial charge in [0, 0.05) is 10.2 Å². The first-order chi connectivity index (χ1) is 9.74. The maximum Gasteiger partial charge on any atom is 0.328 e. The highest BCUT2D eigenvalue weighted by Gasteiger charge is 2.21. The van der Waals surface area contributed by atoms with Crippen LogP contribution in [-0.4, -0.2) is 17.6 Å². The zero-order valence-electron chi connectivity index (χ0n) is 12.7.